The van der Waals surface area contributed by atoms with Gasteiger partial charge in [-0.05, 0) is 61.6 Å². The normalized spacial score (nSPS) is 23.0. The fraction of sp³-hybridized carbons (Fsp3) is 0.455. The van der Waals surface area contributed by atoms with Crippen molar-refractivity contribution in [2.45, 2.75) is 54.6 Å². The van der Waals surface area contributed by atoms with E-state index in [0.29, 0.717) is 29.5 Å². The van der Waals surface area contributed by atoms with Crippen molar-refractivity contribution >= 4 is 46.9 Å². The van der Waals surface area contributed by atoms with Gasteiger partial charge in [-0.25, -0.2) is 9.78 Å². The highest BCUT2D eigenvalue weighted by Gasteiger charge is 2.52. The first-order valence-electron chi connectivity index (χ1n) is 10.7. The van der Waals surface area contributed by atoms with Crippen molar-refractivity contribution in [3.05, 3.63) is 35.6 Å². The van der Waals surface area contributed by atoms with Crippen LogP contribution in [0.1, 0.15) is 39.0 Å². The number of rotatable bonds is 6. The molecule has 1 aromatic carbocycles. The Balaban J connectivity index is 1.45. The van der Waals surface area contributed by atoms with E-state index in [2.05, 4.69) is 22.5 Å². The van der Waals surface area contributed by atoms with Crippen LogP contribution < -0.4 is 10.6 Å². The molecule has 0 bridgehead atoms. The van der Waals surface area contributed by atoms with E-state index in [1.54, 1.807) is 24.4 Å². The lowest BCUT2D eigenvalue weighted by Gasteiger charge is -2.34. The third-order valence-electron chi connectivity index (χ3n) is 6.28. The number of urea groups is 1. The SMILES string of the molecule is CCC1CCC2(CC1)NC(=O)N(CC(=O)Nc1cc(Cl)ccc1Sc1nccn1C)C2=O. The van der Waals surface area contributed by atoms with Gasteiger partial charge in [0, 0.05) is 29.4 Å². The summed E-state index contributed by atoms with van der Waals surface area (Å²) in [6, 6.07) is 4.67. The van der Waals surface area contributed by atoms with E-state index in [-0.39, 0.29) is 12.5 Å². The average molecular weight is 476 g/mol. The van der Waals surface area contributed by atoms with Gasteiger partial charge in [-0.3, -0.25) is 14.5 Å². The molecule has 1 aliphatic carbocycles. The molecule has 1 aromatic heterocycles. The number of carbonyl (C=O) groups excluding carboxylic acids is 3. The quantitative estimate of drug-likeness (QED) is 0.614. The number of aromatic nitrogens is 2. The van der Waals surface area contributed by atoms with Crippen molar-refractivity contribution in [3.8, 4) is 0 Å². The largest absolute Gasteiger partial charge is 0.329 e. The molecule has 1 saturated heterocycles. The number of benzene rings is 1. The van der Waals surface area contributed by atoms with Crippen LogP contribution in [0.15, 0.2) is 40.6 Å². The fourth-order valence-electron chi connectivity index (χ4n) is 4.31. The number of hydrogen-bond donors (Lipinski definition) is 2. The maximum Gasteiger partial charge on any atom is 0.325 e. The average Bonchev–Trinajstić information content (AvgIpc) is 3.26. The number of carbonyl (C=O) groups is 3. The number of amides is 4. The number of hydrogen-bond acceptors (Lipinski definition) is 5. The van der Waals surface area contributed by atoms with Gasteiger partial charge in [-0.15, -0.1) is 0 Å². The van der Waals surface area contributed by atoms with Crippen LogP contribution in [0, 0.1) is 5.92 Å². The molecule has 2 heterocycles. The standard InChI is InChI=1S/C22H26ClN5O3S/c1-3-14-6-8-22(9-7-14)19(30)28(20(31)26-22)13-18(29)25-16-12-15(23)4-5-17(16)32-21-24-10-11-27(21)2/h4-5,10-12,14H,3,6-9,13H2,1-2H3,(H,25,29)(H,26,31). The Morgan fingerprint density at radius 1 is 1.34 bits per heavy atom. The van der Waals surface area contributed by atoms with E-state index in [9.17, 15) is 14.4 Å². The number of aryl methyl sites for hydroxylation is 1. The molecule has 2 N–H and O–H groups in total. The minimum Gasteiger partial charge on any atom is -0.329 e. The summed E-state index contributed by atoms with van der Waals surface area (Å²) in [7, 11) is 1.88. The molecule has 1 spiro atoms. The minimum absolute atomic E-state index is 0.305. The summed E-state index contributed by atoms with van der Waals surface area (Å²) in [4.78, 5) is 44.5. The topological polar surface area (TPSA) is 96.3 Å². The fourth-order valence-corrected chi connectivity index (χ4v) is 5.35. The van der Waals surface area contributed by atoms with Crippen LogP contribution >= 0.6 is 23.4 Å². The lowest BCUT2D eigenvalue weighted by Crippen LogP contribution is -2.49. The number of imide groups is 1. The monoisotopic (exact) mass is 475 g/mol. The molecule has 0 atom stereocenters. The smallest absolute Gasteiger partial charge is 0.325 e. The number of halogens is 1. The molecule has 4 rings (SSSR count). The second kappa shape index (κ2) is 9.15. The zero-order valence-corrected chi connectivity index (χ0v) is 19.6. The van der Waals surface area contributed by atoms with E-state index in [1.807, 2.05) is 17.8 Å². The molecule has 1 saturated carbocycles. The van der Waals surface area contributed by atoms with Gasteiger partial charge in [-0.1, -0.05) is 24.9 Å². The highest BCUT2D eigenvalue weighted by molar-refractivity contribution is 7.99. The first kappa shape index (κ1) is 22.7. The van der Waals surface area contributed by atoms with Crippen LogP contribution in [-0.4, -0.2) is 44.4 Å². The zero-order valence-electron chi connectivity index (χ0n) is 18.1. The van der Waals surface area contributed by atoms with Crippen molar-refractivity contribution in [1.29, 1.82) is 0 Å². The maximum atomic E-state index is 13.1. The molecule has 10 heteroatoms. The molecule has 8 nitrogen and oxygen atoms in total. The van der Waals surface area contributed by atoms with Crippen LogP contribution in [0.3, 0.4) is 0 Å². The molecule has 32 heavy (non-hydrogen) atoms. The summed E-state index contributed by atoms with van der Waals surface area (Å²) in [5.74, 6) is -0.183. The van der Waals surface area contributed by atoms with Gasteiger partial charge in [0.05, 0.1) is 5.69 Å². The number of nitrogens with zero attached hydrogens (tertiary/aromatic N) is 3. The Bertz CT molecular complexity index is 1050. The summed E-state index contributed by atoms with van der Waals surface area (Å²) in [5.41, 5.74) is -0.362. The summed E-state index contributed by atoms with van der Waals surface area (Å²) in [6.45, 7) is 1.80. The second-order valence-corrected chi connectivity index (χ2v) is 9.81. The van der Waals surface area contributed by atoms with Crippen LogP contribution in [-0.2, 0) is 16.6 Å². The second-order valence-electron chi connectivity index (χ2n) is 8.37. The number of anilines is 1. The highest BCUT2D eigenvalue weighted by Crippen LogP contribution is 2.38. The summed E-state index contributed by atoms with van der Waals surface area (Å²) in [6.07, 6.45) is 7.63. The number of imidazole rings is 1. The van der Waals surface area contributed by atoms with Gasteiger partial charge < -0.3 is 15.2 Å². The predicted molar refractivity (Wildman–Crippen MR) is 123 cm³/mol. The van der Waals surface area contributed by atoms with Crippen molar-refractivity contribution in [2.24, 2.45) is 13.0 Å². The van der Waals surface area contributed by atoms with E-state index < -0.39 is 17.5 Å². The first-order valence-corrected chi connectivity index (χ1v) is 11.9. The van der Waals surface area contributed by atoms with Crippen molar-refractivity contribution < 1.29 is 14.4 Å². The lowest BCUT2D eigenvalue weighted by molar-refractivity contribution is -0.135. The molecular weight excluding hydrogens is 450 g/mol. The van der Waals surface area contributed by atoms with E-state index in [4.69, 9.17) is 11.6 Å². The Morgan fingerprint density at radius 3 is 2.75 bits per heavy atom. The van der Waals surface area contributed by atoms with Gasteiger partial charge in [0.1, 0.15) is 12.1 Å². The van der Waals surface area contributed by atoms with Crippen LogP contribution in [0.25, 0.3) is 0 Å². The van der Waals surface area contributed by atoms with E-state index in [1.165, 1.54) is 11.8 Å². The lowest BCUT2D eigenvalue weighted by atomic mass is 9.75. The Hall–Kier alpha value is -2.52. The van der Waals surface area contributed by atoms with E-state index >= 15 is 0 Å². The highest BCUT2D eigenvalue weighted by atomic mass is 35.5. The zero-order chi connectivity index (χ0) is 22.9. The van der Waals surface area contributed by atoms with Crippen LogP contribution in [0.5, 0.6) is 0 Å². The minimum atomic E-state index is -0.863. The molecule has 2 aromatic rings. The first-order chi connectivity index (χ1) is 15.3. The molecular formula is C22H26ClN5O3S. The third kappa shape index (κ3) is 4.49. The van der Waals surface area contributed by atoms with Crippen molar-refractivity contribution in [2.75, 3.05) is 11.9 Å². The van der Waals surface area contributed by atoms with E-state index in [0.717, 1.165) is 34.2 Å². The van der Waals surface area contributed by atoms with Crippen molar-refractivity contribution in [3.63, 3.8) is 0 Å². The van der Waals surface area contributed by atoms with Gasteiger partial charge >= 0.3 is 6.03 Å². The van der Waals surface area contributed by atoms with Gasteiger partial charge in [0.2, 0.25) is 5.91 Å². The Labute approximate surface area is 196 Å². The predicted octanol–water partition coefficient (Wildman–Crippen LogP) is 4.05. The molecule has 4 amide bonds. The van der Waals surface area contributed by atoms with Crippen molar-refractivity contribution in [1.82, 2.24) is 19.8 Å². The summed E-state index contributed by atoms with van der Waals surface area (Å²) < 4.78 is 1.87. The molecule has 2 fully saturated rings. The molecule has 1 aliphatic heterocycles. The number of nitrogens with one attached hydrogen (secondary N) is 2. The molecule has 0 radical (unpaired) electrons. The van der Waals surface area contributed by atoms with Crippen LogP contribution in [0.2, 0.25) is 5.02 Å². The molecule has 170 valence electrons. The van der Waals surface area contributed by atoms with Gasteiger partial charge in [-0.2, -0.15) is 0 Å². The Kier molecular flexibility index (Phi) is 6.48. The molecule has 0 unspecified atom stereocenters. The Morgan fingerprint density at radius 2 is 2.09 bits per heavy atom. The summed E-state index contributed by atoms with van der Waals surface area (Å²) >= 11 is 7.52. The molecule has 2 aliphatic rings. The van der Waals surface area contributed by atoms with Gasteiger partial charge in [0.25, 0.3) is 5.91 Å². The van der Waals surface area contributed by atoms with Crippen LogP contribution in [0.4, 0.5) is 10.5 Å². The third-order valence-corrected chi connectivity index (χ3v) is 7.66. The van der Waals surface area contributed by atoms with Gasteiger partial charge in [0.15, 0.2) is 5.16 Å². The maximum absolute atomic E-state index is 13.1. The summed E-state index contributed by atoms with van der Waals surface area (Å²) in [5, 5.41) is 6.88.